The fourth-order valence-corrected chi connectivity index (χ4v) is 15.6. The Morgan fingerprint density at radius 2 is 0.919 bits per heavy atom. The predicted octanol–water partition coefficient (Wildman–Crippen LogP) is 8.99. The fraction of sp³-hybridized carbons (Fsp3) is 0.439. The summed E-state index contributed by atoms with van der Waals surface area (Å²) in [5, 5.41) is 20.9. The van der Waals surface area contributed by atoms with Crippen molar-refractivity contribution in [2.75, 3.05) is 33.5 Å². The minimum absolute atomic E-state index is 0.140. The van der Waals surface area contributed by atoms with E-state index in [0.29, 0.717) is 14.9 Å². The zero-order valence-electron chi connectivity index (χ0n) is 56.1. The van der Waals surface area contributed by atoms with Crippen molar-refractivity contribution >= 4 is 127 Å². The number of esters is 6. The van der Waals surface area contributed by atoms with Crippen LogP contribution in [0.1, 0.15) is 62.3 Å². The van der Waals surface area contributed by atoms with Crippen molar-refractivity contribution in [3.63, 3.8) is 0 Å². The van der Waals surface area contributed by atoms with Gasteiger partial charge in [0.25, 0.3) is 0 Å². The number of hydrogen-bond donors (Lipinski definition) is 2. The van der Waals surface area contributed by atoms with Crippen LogP contribution in [0.25, 0.3) is 0 Å². The van der Waals surface area contributed by atoms with E-state index >= 15 is 0 Å². The summed E-state index contributed by atoms with van der Waals surface area (Å²) in [6.07, 6.45) is -2.39. The van der Waals surface area contributed by atoms with Gasteiger partial charge in [-0.3, -0.25) is 52.8 Å². The lowest BCUT2D eigenvalue weighted by atomic mass is 9.77. The number of fused-ring (bicyclic) bond motifs is 1. The van der Waals surface area contributed by atoms with E-state index in [-0.39, 0.29) is 45.6 Å². The van der Waals surface area contributed by atoms with Gasteiger partial charge in [-0.15, -0.1) is 0 Å². The molecule has 2 N–H and O–H groups in total. The molecule has 3 fully saturated rings. The molecule has 27 nitrogen and oxygen atoms in total. The molecule has 0 radical (unpaired) electrons. The minimum Gasteiger partial charge on any atom is -0.428 e. The first-order valence-electron chi connectivity index (χ1n) is 30.9. The van der Waals surface area contributed by atoms with Gasteiger partial charge >= 0.3 is 43.6 Å². The van der Waals surface area contributed by atoms with Crippen LogP contribution in [-0.2, 0) is 94.7 Å². The number of likely N-dealkylation sites (tertiary alicyclic amines) is 2. The van der Waals surface area contributed by atoms with Gasteiger partial charge in [-0.1, -0.05) is 104 Å². The lowest BCUT2D eigenvalue weighted by molar-refractivity contribution is -0.180. The number of amides is 3. The Labute approximate surface area is 591 Å². The zero-order valence-corrected chi connectivity index (χ0v) is 61.1. The van der Waals surface area contributed by atoms with E-state index in [9.17, 15) is 67.5 Å². The molecule has 536 valence electrons. The summed E-state index contributed by atoms with van der Waals surface area (Å²) >= 11 is 13.8. The molecule has 0 bridgehead atoms. The molecule has 0 aliphatic carbocycles. The number of phosphoric ester groups is 1. The monoisotopic (exact) mass is 1490 g/mol. The molecule has 4 aromatic rings. The summed E-state index contributed by atoms with van der Waals surface area (Å²) in [6.45, 7) is 16.8. The van der Waals surface area contributed by atoms with Crippen molar-refractivity contribution in [2.45, 2.75) is 128 Å². The molecule has 33 heteroatoms. The van der Waals surface area contributed by atoms with Crippen molar-refractivity contribution in [3.05, 3.63) is 131 Å². The molecular weight excluding hydrogens is 1410 g/mol. The van der Waals surface area contributed by atoms with E-state index in [0.717, 1.165) is 40.2 Å². The van der Waals surface area contributed by atoms with Crippen LogP contribution < -0.4 is 9.05 Å². The van der Waals surface area contributed by atoms with Crippen LogP contribution >= 0.6 is 54.5 Å². The Bertz CT molecular complexity index is 3620. The van der Waals surface area contributed by atoms with E-state index < -0.39 is 163 Å². The molecule has 3 amide bonds. The van der Waals surface area contributed by atoms with Crippen LogP contribution in [0.5, 0.6) is 11.5 Å². The number of rotatable bonds is 28. The maximum absolute atomic E-state index is 14.0. The molecule has 4 aliphatic heterocycles. The Morgan fingerprint density at radius 1 is 0.535 bits per heavy atom. The molecule has 0 spiro atoms. The highest BCUT2D eigenvalue weighted by Crippen LogP contribution is 2.57. The molecule has 4 aromatic carbocycles. The third-order valence-electron chi connectivity index (χ3n) is 15.4. The van der Waals surface area contributed by atoms with E-state index in [1.165, 1.54) is 37.5 Å². The minimum atomic E-state index is -4.51. The number of aliphatic hydroxyl groups excluding tert-OH is 2. The molecule has 0 aromatic heterocycles. The molecule has 4 aliphatic rings. The molecule has 3 saturated heterocycles. The number of thioether (sulfide) groups is 2. The quantitative estimate of drug-likeness (QED) is 0.0102. The Kier molecular flexibility index (Phi) is 29.2. The van der Waals surface area contributed by atoms with Crippen molar-refractivity contribution in [2.24, 2.45) is 35.5 Å². The first-order chi connectivity index (χ1) is 46.5. The SMILES string of the molecule is CC(=O)OCOC(=O)C1=C(OP(=O)(Oc2ccccc2)Oc2ccccc2)[C@H](C)[C@@H]2[C@@H]([C@@H](C)O)C(=O)N12.CC(=O)OCOC(=O)CN1C(=O)[C@H]([C@@H](C)O)[C@H]1[C@@H](C)C(=O)Sc1ccc(Cl)cc1.CC(=O)OCOC(=O)CN1C(=O)[C@H]([C@@H](C)O[Si](C)(C)C)[C@H]1[C@@H](C)C(=O)Sc1ccc(Cl)cc1. The number of β-lactam (4-membered cyclic amide) rings is 3. The topological polar surface area (TPSA) is 347 Å². The van der Waals surface area contributed by atoms with Crippen LogP contribution in [0.15, 0.2) is 130 Å². The average Bonchev–Trinajstić information content (AvgIpc) is 1.61. The highest BCUT2D eigenvalue weighted by atomic mass is 35.5. The van der Waals surface area contributed by atoms with Crippen LogP contribution in [0.3, 0.4) is 0 Å². The maximum Gasteiger partial charge on any atom is 0.646 e. The van der Waals surface area contributed by atoms with Crippen molar-refractivity contribution < 1.29 is 114 Å². The summed E-state index contributed by atoms with van der Waals surface area (Å²) in [5.74, 6) is -9.57. The number of ether oxygens (including phenoxy) is 6. The molecule has 99 heavy (non-hydrogen) atoms. The lowest BCUT2D eigenvalue weighted by Crippen LogP contribution is -2.69. The number of halogens is 2. The summed E-state index contributed by atoms with van der Waals surface area (Å²) in [7, 11) is -6.46. The predicted molar refractivity (Wildman–Crippen MR) is 360 cm³/mol. The molecule has 4 heterocycles. The van der Waals surface area contributed by atoms with E-state index in [2.05, 4.69) is 14.2 Å². The number of carbonyl (C=O) groups is 11. The summed E-state index contributed by atoms with van der Waals surface area (Å²) in [5.41, 5.74) is -0.333. The smallest absolute Gasteiger partial charge is 0.428 e. The number of carbonyl (C=O) groups excluding carboxylic acids is 11. The van der Waals surface area contributed by atoms with Crippen LogP contribution in [0, 0.1) is 35.5 Å². The number of aliphatic hydroxyl groups is 2. The molecule has 8 rings (SSSR count). The normalized spacial score (nSPS) is 20.7. The Balaban J connectivity index is 0.000000236. The third-order valence-corrected chi connectivity index (χ3v) is 20.5. The number of para-hydroxylation sites is 2. The van der Waals surface area contributed by atoms with Gasteiger partial charge in [0.05, 0.1) is 54.2 Å². The van der Waals surface area contributed by atoms with Gasteiger partial charge in [-0.05, 0) is 113 Å². The van der Waals surface area contributed by atoms with Crippen LogP contribution in [0.4, 0.5) is 0 Å². The average molecular weight is 1490 g/mol. The largest absolute Gasteiger partial charge is 0.646 e. The van der Waals surface area contributed by atoms with Crippen molar-refractivity contribution in [1.29, 1.82) is 0 Å². The highest BCUT2D eigenvalue weighted by molar-refractivity contribution is 8.14. The Hall–Kier alpha value is -7.80. The van der Waals surface area contributed by atoms with Crippen LogP contribution in [0.2, 0.25) is 29.7 Å². The number of phosphoric acid groups is 1. The Morgan fingerprint density at radius 3 is 1.30 bits per heavy atom. The van der Waals surface area contributed by atoms with Gasteiger partial charge in [0.2, 0.25) is 38.1 Å². The van der Waals surface area contributed by atoms with Gasteiger partial charge in [-0.25, -0.2) is 4.79 Å². The molecule has 0 saturated carbocycles. The summed E-state index contributed by atoms with van der Waals surface area (Å²) < 4.78 is 65.7. The molecule has 0 unspecified atom stereocenters. The second-order valence-corrected chi connectivity index (χ2v) is 32.9. The second kappa shape index (κ2) is 36.0. The summed E-state index contributed by atoms with van der Waals surface area (Å²) in [6, 6.07) is 28.1. The van der Waals surface area contributed by atoms with Gasteiger partial charge in [0, 0.05) is 58.4 Å². The molecule has 12 atom stereocenters. The lowest BCUT2D eigenvalue weighted by Gasteiger charge is -2.51. The first-order valence-corrected chi connectivity index (χ1v) is 38.1. The maximum atomic E-state index is 14.0. The second-order valence-electron chi connectivity index (χ2n) is 24.0. The van der Waals surface area contributed by atoms with E-state index in [4.69, 9.17) is 55.4 Å². The number of nitrogens with zero attached hydrogens (tertiary/aromatic N) is 3. The fourth-order valence-electron chi connectivity index (χ4n) is 11.0. The van der Waals surface area contributed by atoms with Gasteiger partial charge in [-0.2, -0.15) is 4.57 Å². The summed E-state index contributed by atoms with van der Waals surface area (Å²) in [4.78, 5) is 139. The first kappa shape index (κ1) is 80.2. The number of hydrogen-bond acceptors (Lipinski definition) is 26. The zero-order chi connectivity index (χ0) is 73.4. The molecular formula is C66H78Cl2N3O24PS2Si. The highest BCUT2D eigenvalue weighted by Gasteiger charge is 2.63. The van der Waals surface area contributed by atoms with Gasteiger partial charge < -0.3 is 66.4 Å². The standard InChI is InChI=1S/C25H26NO10P.C22H30ClNO7SSi.C19H22ClNO7S/c1-15-21-20(16(2)27)24(29)26(21)22(25(30)33-14-32-17(3)28)23(15)36-37(31,34-18-10-6-4-7-11-18)35-19-12-8-5-9-13-19;1-13(22(28)32-17-9-7-16(23)8-10-17)20-19(14(2)31-33(4,5)6)21(27)24(20)11-18(26)30-12-29-15(3)25;1-10(19(26)29-14-6-4-13(20)5-7-14)17-16(11(2)22)18(25)21(17)8-15(24)28-9-27-12(3)23/h4-13,15-16,20-21,27H,14H2,1-3H3;7-10,13-14,19-20H,11-12H2,1-6H3;4-7,10-11,16-17,22H,8-9H2,1-3H3/t15-,16-,20-,21-;13-,14-,19-,20-;10-,11-,16-,17-/m111/s1. The van der Waals surface area contributed by atoms with E-state index in [1.807, 2.05) is 26.6 Å². The van der Waals surface area contributed by atoms with E-state index in [1.54, 1.807) is 130 Å². The van der Waals surface area contributed by atoms with Crippen molar-refractivity contribution in [3.8, 4) is 11.5 Å². The van der Waals surface area contributed by atoms with Gasteiger partial charge in [0.15, 0.2) is 24.2 Å². The van der Waals surface area contributed by atoms with Crippen LogP contribution in [-0.4, -0.2) is 167 Å². The van der Waals surface area contributed by atoms with Gasteiger partial charge in [0.1, 0.15) is 30.3 Å². The number of benzene rings is 4. The van der Waals surface area contributed by atoms with Crippen molar-refractivity contribution in [1.82, 2.24) is 14.7 Å². The third kappa shape index (κ3) is 22.1.